The Morgan fingerprint density at radius 1 is 1.12 bits per heavy atom. The van der Waals surface area contributed by atoms with Gasteiger partial charge in [0.15, 0.2) is 5.17 Å². The Kier molecular flexibility index (Phi) is 7.17. The van der Waals surface area contributed by atoms with E-state index in [2.05, 4.69) is 49.8 Å². The Hall–Kier alpha value is -1.41. The van der Waals surface area contributed by atoms with E-state index in [4.69, 9.17) is 5.73 Å². The number of hydrogen-bond donors (Lipinski definition) is 1. The van der Waals surface area contributed by atoms with Crippen LogP contribution in [0.5, 0.6) is 0 Å². The van der Waals surface area contributed by atoms with Crippen molar-refractivity contribution in [3.8, 4) is 0 Å². The molecule has 7 heteroatoms. The van der Waals surface area contributed by atoms with Gasteiger partial charge in [-0.05, 0) is 49.4 Å². The van der Waals surface area contributed by atoms with E-state index in [0.29, 0.717) is 17.3 Å². The van der Waals surface area contributed by atoms with Crippen LogP contribution < -0.4 is 5.73 Å². The van der Waals surface area contributed by atoms with E-state index in [1.54, 1.807) is 0 Å². The molecular weight excluding hydrogens is 416 g/mol. The minimum absolute atomic E-state index is 0.478. The fourth-order valence-corrected chi connectivity index (χ4v) is 6.96. The molecule has 1 saturated carbocycles. The van der Waals surface area contributed by atoms with Crippen molar-refractivity contribution < 1.29 is 0 Å². The fourth-order valence-electron chi connectivity index (χ4n) is 5.78. The number of fused-ring (bicyclic) bond motifs is 2. The van der Waals surface area contributed by atoms with Gasteiger partial charge in [0.1, 0.15) is 0 Å². The number of thioether (sulfide) groups is 1. The Bertz CT molecular complexity index is 847. The summed E-state index contributed by atoms with van der Waals surface area (Å²) >= 11 is 1.82. The van der Waals surface area contributed by atoms with Crippen molar-refractivity contribution in [1.82, 2.24) is 14.7 Å². The Balaban J connectivity index is 1.07. The van der Waals surface area contributed by atoms with Gasteiger partial charge in [-0.25, -0.2) is 0 Å². The Labute approximate surface area is 197 Å². The lowest BCUT2D eigenvalue weighted by Gasteiger charge is -2.40. The molecule has 1 aromatic rings. The third-order valence-electron chi connectivity index (χ3n) is 7.58. The van der Waals surface area contributed by atoms with Crippen LogP contribution >= 0.6 is 11.8 Å². The van der Waals surface area contributed by atoms with E-state index in [1.807, 2.05) is 18.0 Å². The number of piperazine rings is 1. The van der Waals surface area contributed by atoms with Crippen LogP contribution in [-0.2, 0) is 13.0 Å². The van der Waals surface area contributed by atoms with Crippen molar-refractivity contribution in [2.24, 2.45) is 15.7 Å². The second kappa shape index (κ2) is 10.2. The highest BCUT2D eigenvalue weighted by Gasteiger charge is 2.37. The molecule has 32 heavy (non-hydrogen) atoms. The van der Waals surface area contributed by atoms with E-state index in [-0.39, 0.29) is 0 Å². The fraction of sp³-hybridized carbons (Fsp3) is 0.680. The van der Waals surface area contributed by atoms with Crippen LogP contribution in [-0.4, -0.2) is 89.2 Å². The summed E-state index contributed by atoms with van der Waals surface area (Å²) in [6, 6.07) is 7.98. The van der Waals surface area contributed by atoms with Gasteiger partial charge in [0.25, 0.3) is 0 Å². The van der Waals surface area contributed by atoms with Crippen molar-refractivity contribution in [2.75, 3.05) is 45.8 Å². The molecule has 174 valence electrons. The average Bonchev–Trinajstić information content (AvgIpc) is 3.42. The van der Waals surface area contributed by atoms with Crippen LogP contribution in [0, 0.1) is 0 Å². The van der Waals surface area contributed by atoms with Gasteiger partial charge in [-0.2, -0.15) is 0 Å². The van der Waals surface area contributed by atoms with Gasteiger partial charge in [0.05, 0.1) is 11.7 Å². The number of hydrogen-bond acceptors (Lipinski definition) is 7. The highest BCUT2D eigenvalue weighted by molar-refractivity contribution is 8.14. The predicted molar refractivity (Wildman–Crippen MR) is 136 cm³/mol. The van der Waals surface area contributed by atoms with E-state index in [1.165, 1.54) is 82.6 Å². The van der Waals surface area contributed by atoms with E-state index >= 15 is 0 Å². The zero-order chi connectivity index (χ0) is 21.9. The first-order chi connectivity index (χ1) is 15.7. The third kappa shape index (κ3) is 5.22. The van der Waals surface area contributed by atoms with Gasteiger partial charge < -0.3 is 5.73 Å². The van der Waals surface area contributed by atoms with Gasteiger partial charge >= 0.3 is 0 Å². The molecule has 3 unspecified atom stereocenters. The summed E-state index contributed by atoms with van der Waals surface area (Å²) < 4.78 is 0. The van der Waals surface area contributed by atoms with Crippen molar-refractivity contribution in [3.63, 3.8) is 0 Å². The molecule has 2 fully saturated rings. The molecule has 0 bridgehead atoms. The molecule has 0 radical (unpaired) electrons. The lowest BCUT2D eigenvalue weighted by Crippen LogP contribution is -2.50. The molecule has 3 atom stereocenters. The van der Waals surface area contributed by atoms with E-state index in [9.17, 15) is 0 Å². The molecule has 2 N–H and O–H groups in total. The number of rotatable bonds is 8. The summed E-state index contributed by atoms with van der Waals surface area (Å²) in [6.45, 7) is 11.7. The van der Waals surface area contributed by atoms with Crippen molar-refractivity contribution in [1.29, 1.82) is 0 Å². The summed E-state index contributed by atoms with van der Waals surface area (Å²) in [5.74, 6) is 0. The van der Waals surface area contributed by atoms with Gasteiger partial charge in [-0.1, -0.05) is 30.8 Å². The van der Waals surface area contributed by atoms with Crippen LogP contribution in [0.2, 0.25) is 0 Å². The minimum Gasteiger partial charge on any atom is -0.379 e. The first kappa shape index (κ1) is 22.4. The minimum atomic E-state index is 0.478. The summed E-state index contributed by atoms with van der Waals surface area (Å²) in [7, 11) is 0. The van der Waals surface area contributed by atoms with Gasteiger partial charge in [-0.3, -0.25) is 24.7 Å². The average molecular weight is 455 g/mol. The predicted octanol–water partition coefficient (Wildman–Crippen LogP) is 3.13. The molecule has 6 nitrogen and oxygen atoms in total. The monoisotopic (exact) mass is 454 g/mol. The first-order valence-electron chi connectivity index (χ1n) is 12.5. The summed E-state index contributed by atoms with van der Waals surface area (Å²) in [5.41, 5.74) is 9.97. The van der Waals surface area contributed by atoms with E-state index in [0.717, 1.165) is 23.8 Å². The number of nitrogens with zero attached hydrogens (tertiary/aromatic N) is 5. The third-order valence-corrected chi connectivity index (χ3v) is 8.74. The second-order valence-corrected chi connectivity index (χ2v) is 11.0. The van der Waals surface area contributed by atoms with Crippen LogP contribution in [0.1, 0.15) is 43.7 Å². The lowest BCUT2D eigenvalue weighted by atomic mass is 9.90. The molecule has 0 spiro atoms. The highest BCUT2D eigenvalue weighted by atomic mass is 32.2. The zero-order valence-corrected chi connectivity index (χ0v) is 20.3. The van der Waals surface area contributed by atoms with Crippen molar-refractivity contribution in [3.05, 3.63) is 29.3 Å². The van der Waals surface area contributed by atoms with Crippen molar-refractivity contribution >= 4 is 28.8 Å². The molecule has 1 aromatic carbocycles. The number of amidine groups is 1. The van der Waals surface area contributed by atoms with Crippen LogP contribution in [0.15, 0.2) is 28.2 Å². The molecular formula is C25H38N6S. The largest absolute Gasteiger partial charge is 0.379 e. The highest BCUT2D eigenvalue weighted by Crippen LogP contribution is 2.37. The summed E-state index contributed by atoms with van der Waals surface area (Å²) in [5, 5.41) is 1.43. The number of benzene rings is 1. The molecule has 1 saturated heterocycles. The molecule has 5 rings (SSSR count). The maximum Gasteiger partial charge on any atom is 0.154 e. The van der Waals surface area contributed by atoms with Gasteiger partial charge in [0.2, 0.25) is 0 Å². The van der Waals surface area contributed by atoms with Gasteiger partial charge in [0, 0.05) is 69.7 Å². The molecule has 0 amide bonds. The molecule has 0 aromatic heterocycles. The second-order valence-electron chi connectivity index (χ2n) is 9.79. The number of aliphatic imine (C=N–C) groups is 2. The zero-order valence-electron chi connectivity index (χ0n) is 19.5. The Morgan fingerprint density at radius 2 is 1.97 bits per heavy atom. The van der Waals surface area contributed by atoms with E-state index < -0.39 is 0 Å². The molecule has 4 aliphatic rings. The standard InChI is InChI=1S/C25H38N6S/c1-2-9-31(21-4-6-23-24(17-21)32-25(26)28-23)15-14-29-10-12-30(13-11-29)18-19-3-5-22-20(16-19)7-8-27-22/h3,5,8,16,21,23-24H,2,4,6-7,9-15,17-18H2,1H3,(H2,26,28). The smallest absolute Gasteiger partial charge is 0.154 e. The van der Waals surface area contributed by atoms with Gasteiger partial charge in [-0.15, -0.1) is 0 Å². The Morgan fingerprint density at radius 3 is 2.81 bits per heavy atom. The molecule has 1 aliphatic carbocycles. The van der Waals surface area contributed by atoms with Crippen LogP contribution in [0.25, 0.3) is 0 Å². The number of nitrogens with two attached hydrogens (primary N) is 1. The van der Waals surface area contributed by atoms with Crippen LogP contribution in [0.4, 0.5) is 5.69 Å². The molecule has 3 aliphatic heterocycles. The quantitative estimate of drug-likeness (QED) is 0.654. The molecule has 3 heterocycles. The first-order valence-corrected chi connectivity index (χ1v) is 13.4. The summed E-state index contributed by atoms with van der Waals surface area (Å²) in [4.78, 5) is 17.1. The summed E-state index contributed by atoms with van der Waals surface area (Å²) in [6.07, 6.45) is 7.98. The topological polar surface area (TPSA) is 60.5 Å². The lowest BCUT2D eigenvalue weighted by molar-refractivity contribution is 0.0943. The SMILES string of the molecule is CCCN(CCN1CCN(Cc2ccc3c(c2)CC=N3)CC1)C1CCC2N=C(N)SC2C1. The maximum absolute atomic E-state index is 6.00. The van der Waals surface area contributed by atoms with Crippen LogP contribution in [0.3, 0.4) is 0 Å². The maximum atomic E-state index is 6.00. The normalized spacial score (nSPS) is 28.2. The van der Waals surface area contributed by atoms with Crippen molar-refractivity contribution in [2.45, 2.75) is 62.9 Å².